The van der Waals surface area contributed by atoms with Gasteiger partial charge in [0.1, 0.15) is 0 Å². The monoisotopic (exact) mass is 300 g/mol. The van der Waals surface area contributed by atoms with Crippen molar-refractivity contribution in [2.24, 2.45) is 5.41 Å². The van der Waals surface area contributed by atoms with E-state index in [0.717, 1.165) is 0 Å². The average Bonchev–Trinajstić information content (AvgIpc) is 2.88. The molecule has 0 bridgehead atoms. The predicted molar refractivity (Wildman–Crippen MR) is 94.0 cm³/mol. The maximum atomic E-state index is 3.69. The number of rotatable bonds is 2. The zero-order valence-corrected chi connectivity index (χ0v) is 14.8. The molecule has 1 saturated heterocycles. The van der Waals surface area contributed by atoms with Gasteiger partial charge in [0, 0.05) is 11.1 Å². The molecule has 2 nitrogen and oxygen atoms in total. The van der Waals surface area contributed by atoms with Crippen LogP contribution in [0.2, 0.25) is 0 Å². The Kier molecular flexibility index (Phi) is 4.11. The molecule has 3 rings (SSSR count). The quantitative estimate of drug-likeness (QED) is 0.882. The van der Waals surface area contributed by atoms with E-state index in [1.54, 1.807) is 0 Å². The minimum absolute atomic E-state index is 0.200. The van der Waals surface area contributed by atoms with Gasteiger partial charge in [-0.3, -0.25) is 4.90 Å². The Hall–Kier alpha value is -0.860. The molecule has 1 heterocycles. The number of hydrogen-bond donors (Lipinski definition) is 1. The lowest BCUT2D eigenvalue weighted by atomic mass is 9.73. The van der Waals surface area contributed by atoms with Crippen LogP contribution in [-0.4, -0.2) is 30.6 Å². The van der Waals surface area contributed by atoms with Crippen molar-refractivity contribution >= 4 is 0 Å². The molecule has 2 aliphatic rings. The van der Waals surface area contributed by atoms with Gasteiger partial charge in [0.25, 0.3) is 0 Å². The van der Waals surface area contributed by atoms with Crippen LogP contribution in [0.15, 0.2) is 30.3 Å². The smallest absolute Gasteiger partial charge is 0.0437 e. The standard InChI is InChI=1S/C20H32N2/c1-18(2,3)22-14-12-19(13-15-22)10-11-20(16-19,21-4)17-8-6-5-7-9-17/h5-9,21H,10-16H2,1-4H3. The van der Waals surface area contributed by atoms with E-state index in [-0.39, 0.29) is 5.54 Å². The van der Waals surface area contributed by atoms with Crippen molar-refractivity contribution < 1.29 is 0 Å². The summed E-state index contributed by atoms with van der Waals surface area (Å²) in [6, 6.07) is 11.1. The van der Waals surface area contributed by atoms with Crippen molar-refractivity contribution in [3.8, 4) is 0 Å². The van der Waals surface area contributed by atoms with Crippen molar-refractivity contribution in [1.29, 1.82) is 0 Å². The molecule has 1 aliphatic heterocycles. The Morgan fingerprint density at radius 1 is 0.955 bits per heavy atom. The maximum absolute atomic E-state index is 3.69. The topological polar surface area (TPSA) is 15.3 Å². The van der Waals surface area contributed by atoms with Gasteiger partial charge >= 0.3 is 0 Å². The first-order chi connectivity index (χ1) is 10.4. The molecule has 1 spiro atoms. The van der Waals surface area contributed by atoms with Gasteiger partial charge in [-0.25, -0.2) is 0 Å². The minimum atomic E-state index is 0.200. The summed E-state index contributed by atoms with van der Waals surface area (Å²) in [5, 5.41) is 3.69. The molecular formula is C20H32N2. The number of hydrogen-bond acceptors (Lipinski definition) is 2. The van der Waals surface area contributed by atoms with Crippen LogP contribution >= 0.6 is 0 Å². The lowest BCUT2D eigenvalue weighted by Gasteiger charge is -2.46. The first kappa shape index (κ1) is 16.0. The van der Waals surface area contributed by atoms with Crippen LogP contribution in [0.3, 0.4) is 0 Å². The summed E-state index contributed by atoms with van der Waals surface area (Å²) < 4.78 is 0. The average molecular weight is 300 g/mol. The van der Waals surface area contributed by atoms with E-state index in [9.17, 15) is 0 Å². The van der Waals surface area contributed by atoms with Gasteiger partial charge in [0.15, 0.2) is 0 Å². The Morgan fingerprint density at radius 3 is 2.14 bits per heavy atom. The van der Waals surface area contributed by atoms with Gasteiger partial charge < -0.3 is 5.32 Å². The number of nitrogens with zero attached hydrogens (tertiary/aromatic N) is 1. The van der Waals surface area contributed by atoms with Gasteiger partial charge in [-0.2, -0.15) is 0 Å². The highest BCUT2D eigenvalue weighted by Crippen LogP contribution is 2.54. The Morgan fingerprint density at radius 2 is 1.59 bits per heavy atom. The van der Waals surface area contributed by atoms with E-state index >= 15 is 0 Å². The lowest BCUT2D eigenvalue weighted by molar-refractivity contribution is 0.0413. The highest BCUT2D eigenvalue weighted by atomic mass is 15.2. The van der Waals surface area contributed by atoms with Crippen molar-refractivity contribution in [3.63, 3.8) is 0 Å². The van der Waals surface area contributed by atoms with Gasteiger partial charge in [0.2, 0.25) is 0 Å². The first-order valence-electron chi connectivity index (χ1n) is 8.89. The minimum Gasteiger partial charge on any atom is -0.310 e. The largest absolute Gasteiger partial charge is 0.310 e. The highest BCUT2D eigenvalue weighted by molar-refractivity contribution is 5.27. The molecule has 1 N–H and O–H groups in total. The van der Waals surface area contributed by atoms with Crippen molar-refractivity contribution in [3.05, 3.63) is 35.9 Å². The molecule has 2 heteroatoms. The molecule has 0 amide bonds. The Balaban J connectivity index is 1.75. The molecule has 1 unspecified atom stereocenters. The Bertz CT molecular complexity index is 494. The number of likely N-dealkylation sites (tertiary alicyclic amines) is 1. The van der Waals surface area contributed by atoms with Crippen LogP contribution in [0.1, 0.15) is 58.4 Å². The van der Waals surface area contributed by atoms with E-state index in [2.05, 4.69) is 68.4 Å². The van der Waals surface area contributed by atoms with Crippen molar-refractivity contribution in [2.75, 3.05) is 20.1 Å². The lowest BCUT2D eigenvalue weighted by Crippen LogP contribution is -2.49. The first-order valence-corrected chi connectivity index (χ1v) is 8.89. The van der Waals surface area contributed by atoms with Crippen LogP contribution in [-0.2, 0) is 5.54 Å². The van der Waals surface area contributed by atoms with Crippen molar-refractivity contribution in [2.45, 2.75) is 64.0 Å². The molecule has 1 aromatic carbocycles. The van der Waals surface area contributed by atoms with E-state index in [4.69, 9.17) is 0 Å². The summed E-state index contributed by atoms with van der Waals surface area (Å²) >= 11 is 0. The molecule has 0 radical (unpaired) electrons. The Labute approximate surface area is 136 Å². The van der Waals surface area contributed by atoms with Crippen LogP contribution in [0.5, 0.6) is 0 Å². The summed E-state index contributed by atoms with van der Waals surface area (Å²) in [5.74, 6) is 0. The summed E-state index contributed by atoms with van der Waals surface area (Å²) in [6.07, 6.45) is 6.68. The third-order valence-electron chi connectivity index (χ3n) is 6.34. The fourth-order valence-corrected chi connectivity index (χ4v) is 4.74. The summed E-state index contributed by atoms with van der Waals surface area (Å²) in [4.78, 5) is 2.67. The maximum Gasteiger partial charge on any atom is 0.0437 e. The second-order valence-corrected chi connectivity index (χ2v) is 8.53. The van der Waals surface area contributed by atoms with Crippen LogP contribution in [0.4, 0.5) is 0 Å². The fraction of sp³-hybridized carbons (Fsp3) is 0.700. The van der Waals surface area contributed by atoms with Crippen LogP contribution in [0, 0.1) is 5.41 Å². The third-order valence-corrected chi connectivity index (χ3v) is 6.34. The third kappa shape index (κ3) is 2.83. The number of piperidine rings is 1. The zero-order valence-electron chi connectivity index (χ0n) is 14.8. The molecule has 22 heavy (non-hydrogen) atoms. The predicted octanol–water partition coefficient (Wildman–Crippen LogP) is 4.17. The van der Waals surface area contributed by atoms with Crippen LogP contribution < -0.4 is 5.32 Å². The second-order valence-electron chi connectivity index (χ2n) is 8.53. The molecule has 2 fully saturated rings. The highest BCUT2D eigenvalue weighted by Gasteiger charge is 2.49. The molecule has 1 atom stereocenters. The molecule has 122 valence electrons. The van der Waals surface area contributed by atoms with E-state index in [0.29, 0.717) is 11.0 Å². The van der Waals surface area contributed by atoms with Crippen molar-refractivity contribution in [1.82, 2.24) is 10.2 Å². The normalized spacial score (nSPS) is 29.1. The van der Waals surface area contributed by atoms with Gasteiger partial charge in [0.05, 0.1) is 0 Å². The summed E-state index contributed by atoms with van der Waals surface area (Å²) in [7, 11) is 2.15. The van der Waals surface area contributed by atoms with E-state index < -0.39 is 0 Å². The molecule has 1 saturated carbocycles. The van der Waals surface area contributed by atoms with Gasteiger partial charge in [-0.1, -0.05) is 30.3 Å². The zero-order chi connectivity index (χ0) is 15.8. The number of benzene rings is 1. The second kappa shape index (κ2) is 5.65. The fourth-order valence-electron chi connectivity index (χ4n) is 4.74. The van der Waals surface area contributed by atoms with E-state index in [1.165, 1.54) is 50.8 Å². The summed E-state index contributed by atoms with van der Waals surface area (Å²) in [5.41, 5.74) is 2.55. The number of nitrogens with one attached hydrogen (secondary N) is 1. The molecule has 1 aliphatic carbocycles. The van der Waals surface area contributed by atoms with Gasteiger partial charge in [-0.05, 0) is 84.0 Å². The van der Waals surface area contributed by atoms with Crippen LogP contribution in [0.25, 0.3) is 0 Å². The molecule has 1 aromatic rings. The summed E-state index contributed by atoms with van der Waals surface area (Å²) in [6.45, 7) is 9.57. The molecular weight excluding hydrogens is 268 g/mol. The SMILES string of the molecule is CNC1(c2ccccc2)CCC2(CCN(C(C)(C)C)CC2)C1. The van der Waals surface area contributed by atoms with Gasteiger partial charge in [-0.15, -0.1) is 0 Å². The molecule has 0 aromatic heterocycles. The van der Waals surface area contributed by atoms with E-state index in [1.807, 2.05) is 0 Å².